The van der Waals surface area contributed by atoms with E-state index in [4.69, 9.17) is 4.74 Å². The summed E-state index contributed by atoms with van der Waals surface area (Å²) in [6, 6.07) is 7.59. The first-order valence-electron chi connectivity index (χ1n) is 10.0. The fraction of sp³-hybridized carbons (Fsp3) is 0.524. The number of aromatic nitrogens is 3. The number of carbonyl (C=O) groups excluding carboxylic acids is 1. The molecule has 7 heteroatoms. The topological polar surface area (TPSA) is 97.0 Å². The van der Waals surface area contributed by atoms with Gasteiger partial charge < -0.3 is 15.0 Å². The minimum Gasteiger partial charge on any atom is -0.493 e. The second-order valence-corrected chi connectivity index (χ2v) is 7.46. The maximum absolute atomic E-state index is 12.3. The second kappa shape index (κ2) is 9.48. The van der Waals surface area contributed by atoms with Crippen molar-refractivity contribution in [1.82, 2.24) is 20.5 Å². The van der Waals surface area contributed by atoms with E-state index in [0.717, 1.165) is 24.3 Å². The molecule has 0 unspecified atom stereocenters. The van der Waals surface area contributed by atoms with Gasteiger partial charge in [-0.15, -0.1) is 10.2 Å². The van der Waals surface area contributed by atoms with E-state index in [-0.39, 0.29) is 36.0 Å². The number of hydrogen-bond acceptors (Lipinski definition) is 5. The lowest BCUT2D eigenvalue weighted by Crippen LogP contribution is -2.32. The molecular formula is C21H28N4O3. The third-order valence-electron chi connectivity index (χ3n) is 5.21. The van der Waals surface area contributed by atoms with E-state index < -0.39 is 0 Å². The molecule has 150 valence electrons. The zero-order valence-electron chi connectivity index (χ0n) is 16.5. The predicted octanol–water partition coefficient (Wildman–Crippen LogP) is 2.86. The molecule has 0 saturated heterocycles. The lowest BCUT2D eigenvalue weighted by molar-refractivity contribution is -0.121. The van der Waals surface area contributed by atoms with Gasteiger partial charge in [0.15, 0.2) is 5.82 Å². The number of aromatic amines is 1. The van der Waals surface area contributed by atoms with Crippen LogP contribution in [0.2, 0.25) is 0 Å². The number of rotatable bonds is 9. The van der Waals surface area contributed by atoms with Crippen LogP contribution in [0, 0.1) is 5.92 Å². The zero-order chi connectivity index (χ0) is 19.9. The highest BCUT2D eigenvalue weighted by Gasteiger charge is 2.18. The molecule has 1 saturated carbocycles. The molecule has 2 aromatic rings. The predicted molar refractivity (Wildman–Crippen MR) is 107 cm³/mol. The number of hydrogen-bond donors (Lipinski definition) is 2. The SMILES string of the molecule is CC[C@H](C)NC(=O)CCc1nnc(-c2ccc(OCC3CCC3)cc2)[nH]c1=O. The summed E-state index contributed by atoms with van der Waals surface area (Å²) in [6.45, 7) is 4.71. The fourth-order valence-corrected chi connectivity index (χ4v) is 2.92. The van der Waals surface area contributed by atoms with E-state index in [1.165, 1.54) is 19.3 Å². The minimum atomic E-state index is -0.313. The van der Waals surface area contributed by atoms with Gasteiger partial charge in [0, 0.05) is 24.4 Å². The highest BCUT2D eigenvalue weighted by atomic mass is 16.5. The Morgan fingerprint density at radius 3 is 2.64 bits per heavy atom. The first-order valence-corrected chi connectivity index (χ1v) is 10.0. The van der Waals surface area contributed by atoms with Crippen molar-refractivity contribution in [2.75, 3.05) is 6.61 Å². The van der Waals surface area contributed by atoms with Crippen molar-refractivity contribution in [3.63, 3.8) is 0 Å². The Bertz CT molecular complexity index is 843. The molecule has 1 fully saturated rings. The number of nitrogens with zero attached hydrogens (tertiary/aromatic N) is 2. The van der Waals surface area contributed by atoms with Crippen LogP contribution in [0.15, 0.2) is 29.1 Å². The van der Waals surface area contributed by atoms with Crippen molar-refractivity contribution < 1.29 is 9.53 Å². The lowest BCUT2D eigenvalue weighted by Gasteiger charge is -2.25. The van der Waals surface area contributed by atoms with E-state index in [0.29, 0.717) is 11.7 Å². The summed E-state index contributed by atoms with van der Waals surface area (Å²) in [7, 11) is 0. The molecule has 1 aromatic carbocycles. The highest BCUT2D eigenvalue weighted by molar-refractivity contribution is 5.76. The summed E-state index contributed by atoms with van der Waals surface area (Å²) < 4.78 is 5.79. The van der Waals surface area contributed by atoms with Crippen LogP contribution in [0.1, 0.15) is 51.6 Å². The molecule has 28 heavy (non-hydrogen) atoms. The average molecular weight is 384 g/mol. The van der Waals surface area contributed by atoms with E-state index in [1.54, 1.807) is 0 Å². The van der Waals surface area contributed by atoms with Crippen molar-refractivity contribution in [3.8, 4) is 17.1 Å². The summed E-state index contributed by atoms with van der Waals surface area (Å²) in [4.78, 5) is 26.9. The fourth-order valence-electron chi connectivity index (χ4n) is 2.92. The van der Waals surface area contributed by atoms with Crippen molar-refractivity contribution in [1.29, 1.82) is 0 Å². The molecule has 0 radical (unpaired) electrons. The quantitative estimate of drug-likeness (QED) is 0.693. The normalized spacial score (nSPS) is 14.9. The number of carbonyl (C=O) groups is 1. The summed E-state index contributed by atoms with van der Waals surface area (Å²) in [5.74, 6) is 1.82. The second-order valence-electron chi connectivity index (χ2n) is 7.46. The number of nitrogens with one attached hydrogen (secondary N) is 2. The Morgan fingerprint density at radius 1 is 1.29 bits per heavy atom. The maximum atomic E-state index is 12.3. The standard InChI is InChI=1S/C21H28N4O3/c1-3-14(2)22-19(26)12-11-18-21(27)23-20(25-24-18)16-7-9-17(10-8-16)28-13-15-5-4-6-15/h7-10,14-15H,3-6,11-13H2,1-2H3,(H,22,26)(H,23,25,27)/t14-/m0/s1. The Morgan fingerprint density at radius 2 is 2.04 bits per heavy atom. The van der Waals surface area contributed by atoms with Crippen LogP contribution >= 0.6 is 0 Å². The van der Waals surface area contributed by atoms with Crippen LogP contribution in [0.3, 0.4) is 0 Å². The van der Waals surface area contributed by atoms with Crippen molar-refractivity contribution in [2.45, 2.75) is 58.4 Å². The van der Waals surface area contributed by atoms with Gasteiger partial charge in [-0.1, -0.05) is 13.3 Å². The van der Waals surface area contributed by atoms with Crippen LogP contribution in [0.25, 0.3) is 11.4 Å². The molecule has 0 aliphatic heterocycles. The third-order valence-corrected chi connectivity index (χ3v) is 5.21. The van der Waals surface area contributed by atoms with Crippen LogP contribution in [0.5, 0.6) is 5.75 Å². The van der Waals surface area contributed by atoms with Crippen molar-refractivity contribution >= 4 is 5.91 Å². The molecule has 1 atom stereocenters. The zero-order valence-corrected chi connectivity index (χ0v) is 16.5. The van der Waals surface area contributed by atoms with E-state index >= 15 is 0 Å². The van der Waals surface area contributed by atoms with E-state index in [9.17, 15) is 9.59 Å². The van der Waals surface area contributed by atoms with Gasteiger partial charge in [0.05, 0.1) is 6.61 Å². The summed E-state index contributed by atoms with van der Waals surface area (Å²) in [6.07, 6.45) is 5.15. The number of H-pyrrole nitrogens is 1. The Hall–Kier alpha value is -2.70. The van der Waals surface area contributed by atoms with Gasteiger partial charge >= 0.3 is 0 Å². The molecular weight excluding hydrogens is 356 g/mol. The smallest absolute Gasteiger partial charge is 0.273 e. The molecule has 1 aromatic heterocycles. The average Bonchev–Trinajstić information content (AvgIpc) is 2.66. The Labute approximate surface area is 164 Å². The van der Waals surface area contributed by atoms with Gasteiger partial charge in [-0.2, -0.15) is 0 Å². The van der Waals surface area contributed by atoms with Gasteiger partial charge in [0.25, 0.3) is 5.56 Å². The lowest BCUT2D eigenvalue weighted by atomic mass is 9.86. The highest BCUT2D eigenvalue weighted by Crippen LogP contribution is 2.27. The number of aryl methyl sites for hydroxylation is 1. The van der Waals surface area contributed by atoms with Gasteiger partial charge in [-0.3, -0.25) is 9.59 Å². The molecule has 0 spiro atoms. The first kappa shape index (κ1) is 20.0. The van der Waals surface area contributed by atoms with Crippen molar-refractivity contribution in [2.24, 2.45) is 5.92 Å². The van der Waals surface area contributed by atoms with E-state index in [2.05, 4.69) is 20.5 Å². The number of amides is 1. The molecule has 1 aliphatic rings. The van der Waals surface area contributed by atoms with Gasteiger partial charge in [0.2, 0.25) is 5.91 Å². The largest absolute Gasteiger partial charge is 0.493 e. The van der Waals surface area contributed by atoms with E-state index in [1.807, 2.05) is 38.1 Å². The summed E-state index contributed by atoms with van der Waals surface area (Å²) in [5.41, 5.74) is 0.719. The van der Waals surface area contributed by atoms with Crippen LogP contribution < -0.4 is 15.6 Å². The van der Waals surface area contributed by atoms with Crippen LogP contribution in [-0.2, 0) is 11.2 Å². The minimum absolute atomic E-state index is 0.0860. The van der Waals surface area contributed by atoms with Gasteiger partial charge in [-0.05, 0) is 56.4 Å². The van der Waals surface area contributed by atoms with Crippen LogP contribution in [-0.4, -0.2) is 33.7 Å². The third kappa shape index (κ3) is 5.41. The molecule has 2 N–H and O–H groups in total. The molecule has 1 amide bonds. The Balaban J connectivity index is 1.57. The number of benzene rings is 1. The maximum Gasteiger partial charge on any atom is 0.273 e. The van der Waals surface area contributed by atoms with Gasteiger partial charge in [0.1, 0.15) is 11.4 Å². The monoisotopic (exact) mass is 384 g/mol. The number of ether oxygens (including phenoxy) is 1. The molecule has 1 aliphatic carbocycles. The van der Waals surface area contributed by atoms with Gasteiger partial charge in [-0.25, -0.2) is 0 Å². The van der Waals surface area contributed by atoms with Crippen LogP contribution in [0.4, 0.5) is 0 Å². The Kier molecular flexibility index (Phi) is 6.79. The molecule has 0 bridgehead atoms. The molecule has 1 heterocycles. The van der Waals surface area contributed by atoms with Crippen molar-refractivity contribution in [3.05, 3.63) is 40.3 Å². The molecule has 3 rings (SSSR count). The summed E-state index contributed by atoms with van der Waals surface area (Å²) >= 11 is 0. The molecule has 7 nitrogen and oxygen atoms in total. The first-order chi connectivity index (χ1) is 13.5. The summed E-state index contributed by atoms with van der Waals surface area (Å²) in [5, 5.41) is 11.0.